The third kappa shape index (κ3) is 3.94. The number of benzene rings is 1. The molecule has 1 saturated heterocycles. The molecule has 1 aliphatic heterocycles. The van der Waals surface area contributed by atoms with Gasteiger partial charge in [-0.1, -0.05) is 37.6 Å². The van der Waals surface area contributed by atoms with E-state index in [-0.39, 0.29) is 17.8 Å². The van der Waals surface area contributed by atoms with Gasteiger partial charge >= 0.3 is 0 Å². The van der Waals surface area contributed by atoms with Crippen LogP contribution in [0.5, 0.6) is 0 Å². The van der Waals surface area contributed by atoms with Crippen LogP contribution in [-0.2, 0) is 6.54 Å². The van der Waals surface area contributed by atoms with E-state index in [4.69, 9.17) is 5.73 Å². The maximum Gasteiger partial charge on any atom is 0.0695 e. The molecule has 1 unspecified atom stereocenters. The minimum absolute atomic E-state index is 0. The molecule has 3 N–H and O–H groups in total. The molecule has 0 bridgehead atoms. The first-order valence-corrected chi connectivity index (χ1v) is 8.03. The van der Waals surface area contributed by atoms with E-state index in [2.05, 4.69) is 60.1 Å². The molecule has 0 saturated carbocycles. The zero-order valence-electron chi connectivity index (χ0n) is 14.2. The zero-order valence-corrected chi connectivity index (χ0v) is 15.0. The van der Waals surface area contributed by atoms with Gasteiger partial charge < -0.3 is 5.73 Å². The molecule has 126 valence electrons. The quantitative estimate of drug-likeness (QED) is 0.904. The van der Waals surface area contributed by atoms with Gasteiger partial charge in [0.05, 0.1) is 11.9 Å². The highest BCUT2D eigenvalue weighted by molar-refractivity contribution is 5.85. The molecule has 4 nitrogen and oxygen atoms in total. The maximum atomic E-state index is 6.24. The van der Waals surface area contributed by atoms with Crippen LogP contribution in [-0.4, -0.2) is 34.2 Å². The lowest BCUT2D eigenvalue weighted by molar-refractivity contribution is 0.0900. The first-order valence-electron chi connectivity index (χ1n) is 8.03. The number of rotatable bonds is 3. The van der Waals surface area contributed by atoms with Gasteiger partial charge in [-0.3, -0.25) is 10.00 Å². The van der Waals surface area contributed by atoms with Crippen LogP contribution in [0.1, 0.15) is 31.4 Å². The molecule has 1 aliphatic rings. The molecule has 23 heavy (non-hydrogen) atoms. The predicted molar refractivity (Wildman–Crippen MR) is 97.7 cm³/mol. The van der Waals surface area contributed by atoms with Gasteiger partial charge in [0.15, 0.2) is 0 Å². The fourth-order valence-corrected chi connectivity index (χ4v) is 3.34. The van der Waals surface area contributed by atoms with Gasteiger partial charge in [0.25, 0.3) is 0 Å². The summed E-state index contributed by atoms with van der Waals surface area (Å²) in [5, 5.41) is 7.44. The SMILES string of the molecule is Cc1cccc(-c2[nH]ncc2CN2CCC(N)C(C)(C)C2)c1.Cl. The molecular weight excluding hydrogens is 308 g/mol. The lowest BCUT2D eigenvalue weighted by Gasteiger charge is -2.42. The van der Waals surface area contributed by atoms with Gasteiger partial charge in [-0.15, -0.1) is 12.4 Å². The molecule has 1 fully saturated rings. The van der Waals surface area contributed by atoms with Gasteiger partial charge in [0.1, 0.15) is 0 Å². The van der Waals surface area contributed by atoms with Crippen molar-refractivity contribution in [2.24, 2.45) is 11.1 Å². The Hall–Kier alpha value is -1.36. The normalized spacial score (nSPS) is 21.0. The number of H-pyrrole nitrogens is 1. The van der Waals surface area contributed by atoms with Crippen molar-refractivity contribution in [2.45, 2.75) is 39.8 Å². The van der Waals surface area contributed by atoms with Crippen LogP contribution >= 0.6 is 12.4 Å². The van der Waals surface area contributed by atoms with E-state index in [1.807, 2.05) is 6.20 Å². The van der Waals surface area contributed by atoms with E-state index in [1.54, 1.807) is 0 Å². The summed E-state index contributed by atoms with van der Waals surface area (Å²) < 4.78 is 0. The zero-order chi connectivity index (χ0) is 15.7. The van der Waals surface area contributed by atoms with Crippen LogP contribution in [0.15, 0.2) is 30.5 Å². The Morgan fingerprint density at radius 3 is 2.87 bits per heavy atom. The number of hydrogen-bond donors (Lipinski definition) is 2. The second-order valence-electron chi connectivity index (χ2n) is 7.23. The lowest BCUT2D eigenvalue weighted by atomic mass is 9.79. The molecule has 1 aromatic carbocycles. The topological polar surface area (TPSA) is 57.9 Å². The monoisotopic (exact) mass is 334 g/mol. The molecule has 2 heterocycles. The molecule has 5 heteroatoms. The number of piperidine rings is 1. The Labute approximate surface area is 144 Å². The minimum atomic E-state index is 0. The molecule has 0 amide bonds. The summed E-state index contributed by atoms with van der Waals surface area (Å²) in [6, 6.07) is 8.85. The molecule has 1 atom stereocenters. The second kappa shape index (κ2) is 7.04. The Bertz CT molecular complexity index is 650. The largest absolute Gasteiger partial charge is 0.327 e. The van der Waals surface area contributed by atoms with Gasteiger partial charge in [-0.2, -0.15) is 5.10 Å². The number of likely N-dealkylation sites (tertiary alicyclic amines) is 1. The highest BCUT2D eigenvalue weighted by atomic mass is 35.5. The molecular formula is C18H27ClN4. The van der Waals surface area contributed by atoms with Crippen molar-refractivity contribution in [3.05, 3.63) is 41.6 Å². The van der Waals surface area contributed by atoms with Crippen molar-refractivity contribution in [2.75, 3.05) is 13.1 Å². The van der Waals surface area contributed by atoms with Crippen molar-refractivity contribution in [1.82, 2.24) is 15.1 Å². The Morgan fingerprint density at radius 1 is 1.39 bits per heavy atom. The van der Waals surface area contributed by atoms with E-state index >= 15 is 0 Å². The predicted octanol–water partition coefficient (Wildman–Crippen LogP) is 3.37. The first-order chi connectivity index (χ1) is 10.5. The average Bonchev–Trinajstić information content (AvgIpc) is 2.91. The Morgan fingerprint density at radius 2 is 2.17 bits per heavy atom. The van der Waals surface area contributed by atoms with E-state index in [0.717, 1.165) is 31.7 Å². The number of nitrogens with two attached hydrogens (primary N) is 1. The summed E-state index contributed by atoms with van der Waals surface area (Å²) in [4.78, 5) is 2.49. The summed E-state index contributed by atoms with van der Waals surface area (Å²) in [6.07, 6.45) is 3.02. The standard InChI is InChI=1S/C18H26N4.ClH/c1-13-5-4-6-14(9-13)17-15(10-20-21-17)11-22-8-7-16(19)18(2,3)12-22;/h4-6,9-10,16H,7-8,11-12,19H2,1-3H3,(H,20,21);1H. The number of aromatic nitrogens is 2. The van der Waals surface area contributed by atoms with Crippen LogP contribution in [0.25, 0.3) is 11.3 Å². The molecule has 0 aliphatic carbocycles. The van der Waals surface area contributed by atoms with Gasteiger partial charge in [-0.25, -0.2) is 0 Å². The molecule has 3 rings (SSSR count). The van der Waals surface area contributed by atoms with Crippen molar-refractivity contribution >= 4 is 12.4 Å². The first kappa shape index (κ1) is 18.0. The lowest BCUT2D eigenvalue weighted by Crippen LogP contribution is -2.52. The van der Waals surface area contributed by atoms with E-state index in [1.165, 1.54) is 16.7 Å². The molecule has 2 aromatic rings. The minimum Gasteiger partial charge on any atom is -0.327 e. The van der Waals surface area contributed by atoms with Crippen molar-refractivity contribution < 1.29 is 0 Å². The Kier molecular flexibility index (Phi) is 5.50. The fourth-order valence-electron chi connectivity index (χ4n) is 3.34. The number of aryl methyl sites for hydroxylation is 1. The van der Waals surface area contributed by atoms with E-state index in [9.17, 15) is 0 Å². The molecule has 0 spiro atoms. The second-order valence-corrected chi connectivity index (χ2v) is 7.23. The van der Waals surface area contributed by atoms with Crippen molar-refractivity contribution in [3.63, 3.8) is 0 Å². The maximum absolute atomic E-state index is 6.24. The van der Waals surface area contributed by atoms with Gasteiger partial charge in [0, 0.05) is 36.8 Å². The third-order valence-corrected chi connectivity index (χ3v) is 4.81. The smallest absolute Gasteiger partial charge is 0.0695 e. The van der Waals surface area contributed by atoms with Crippen molar-refractivity contribution in [3.8, 4) is 11.3 Å². The van der Waals surface area contributed by atoms with Crippen molar-refractivity contribution in [1.29, 1.82) is 0 Å². The van der Waals surface area contributed by atoms with E-state index < -0.39 is 0 Å². The Balaban J connectivity index is 0.00000192. The van der Waals surface area contributed by atoms with Gasteiger partial charge in [-0.05, 0) is 24.8 Å². The van der Waals surface area contributed by atoms with Crippen LogP contribution < -0.4 is 5.73 Å². The number of hydrogen-bond acceptors (Lipinski definition) is 3. The fraction of sp³-hybridized carbons (Fsp3) is 0.500. The average molecular weight is 335 g/mol. The number of aromatic amines is 1. The van der Waals surface area contributed by atoms with Crippen LogP contribution in [0, 0.1) is 12.3 Å². The summed E-state index contributed by atoms with van der Waals surface area (Å²) in [7, 11) is 0. The van der Waals surface area contributed by atoms with Crippen LogP contribution in [0.3, 0.4) is 0 Å². The van der Waals surface area contributed by atoms with Crippen LogP contribution in [0.4, 0.5) is 0 Å². The highest BCUT2D eigenvalue weighted by Crippen LogP contribution is 2.30. The third-order valence-electron chi connectivity index (χ3n) is 4.81. The molecule has 0 radical (unpaired) electrons. The summed E-state index contributed by atoms with van der Waals surface area (Å²) in [5.74, 6) is 0. The van der Waals surface area contributed by atoms with Crippen LogP contribution in [0.2, 0.25) is 0 Å². The number of nitrogens with zero attached hydrogens (tertiary/aromatic N) is 2. The number of nitrogens with one attached hydrogen (secondary N) is 1. The summed E-state index contributed by atoms with van der Waals surface area (Å²) in [5.41, 5.74) is 11.3. The summed E-state index contributed by atoms with van der Waals surface area (Å²) >= 11 is 0. The van der Waals surface area contributed by atoms with Gasteiger partial charge in [0.2, 0.25) is 0 Å². The van der Waals surface area contributed by atoms with E-state index in [0.29, 0.717) is 6.04 Å². The highest BCUT2D eigenvalue weighted by Gasteiger charge is 2.33. The number of halogens is 1. The summed E-state index contributed by atoms with van der Waals surface area (Å²) in [6.45, 7) is 9.67. The molecule has 1 aromatic heterocycles.